The summed E-state index contributed by atoms with van der Waals surface area (Å²) in [4.78, 5) is 0.0285. The first-order valence-corrected chi connectivity index (χ1v) is 7.46. The molecular weight excluding hydrogens is 276 g/mol. The quantitative estimate of drug-likeness (QED) is 0.789. The van der Waals surface area contributed by atoms with Gasteiger partial charge < -0.3 is 15.8 Å². The molecule has 0 aliphatic rings. The van der Waals surface area contributed by atoms with Gasteiger partial charge in [0.1, 0.15) is 5.00 Å². The molecule has 0 amide bonds. The van der Waals surface area contributed by atoms with Gasteiger partial charge in [-0.15, -0.1) is 0 Å². The van der Waals surface area contributed by atoms with E-state index in [9.17, 15) is 8.42 Å². The van der Waals surface area contributed by atoms with Crippen LogP contribution in [0.1, 0.15) is 6.92 Å². The summed E-state index contributed by atoms with van der Waals surface area (Å²) in [6, 6.07) is 0. The number of nitrogens with two attached hydrogens (primary N) is 1. The molecule has 0 aromatic carbocycles. The largest absolute Gasteiger partial charge is 0.382 e. The Morgan fingerprint density at radius 1 is 1.56 bits per heavy atom. The van der Waals surface area contributed by atoms with Crippen LogP contribution in [0.25, 0.3) is 0 Å². The number of sulfonamides is 1. The highest BCUT2D eigenvalue weighted by Gasteiger charge is 2.27. The molecule has 9 heteroatoms. The van der Waals surface area contributed by atoms with E-state index >= 15 is 0 Å². The van der Waals surface area contributed by atoms with Gasteiger partial charge in [0.15, 0.2) is 10.7 Å². The summed E-state index contributed by atoms with van der Waals surface area (Å²) in [6.07, 6.45) is -0.0387. The zero-order chi connectivity index (χ0) is 13.9. The third-order valence-electron chi connectivity index (χ3n) is 2.37. The number of nitrogens with zero attached hydrogens (tertiary/aromatic N) is 2. The van der Waals surface area contributed by atoms with Crippen molar-refractivity contribution in [3.05, 3.63) is 0 Å². The molecule has 1 rings (SSSR count). The van der Waals surface area contributed by atoms with Crippen LogP contribution in [0.15, 0.2) is 4.90 Å². The van der Waals surface area contributed by atoms with Gasteiger partial charge in [0, 0.05) is 27.7 Å². The lowest BCUT2D eigenvalue weighted by Crippen LogP contribution is -2.24. The van der Waals surface area contributed by atoms with Gasteiger partial charge in [0.2, 0.25) is 10.0 Å². The molecule has 0 radical (unpaired) electrons. The third-order valence-corrected chi connectivity index (χ3v) is 5.20. The number of anilines is 2. The van der Waals surface area contributed by atoms with Crippen LogP contribution < -0.4 is 11.1 Å². The van der Waals surface area contributed by atoms with Crippen molar-refractivity contribution in [2.75, 3.05) is 38.8 Å². The normalized spacial score (nSPS) is 13.8. The first kappa shape index (κ1) is 15.2. The molecule has 0 spiro atoms. The summed E-state index contributed by atoms with van der Waals surface area (Å²) < 4.78 is 34.3. The standard InChI is InChI=1S/C9H18N4O3S2/c1-6(16-4)5-11-9-7(8(10)12-17-9)18(14,15)13(2)3/h6,11H,5H2,1-4H3,(H2,10,12). The highest BCUT2D eigenvalue weighted by Crippen LogP contribution is 2.32. The first-order valence-electron chi connectivity index (χ1n) is 5.25. The van der Waals surface area contributed by atoms with Crippen molar-refractivity contribution in [1.82, 2.24) is 8.68 Å². The van der Waals surface area contributed by atoms with E-state index in [2.05, 4.69) is 9.69 Å². The van der Waals surface area contributed by atoms with Crippen LogP contribution in [0.3, 0.4) is 0 Å². The summed E-state index contributed by atoms with van der Waals surface area (Å²) in [5.74, 6) is 0.0151. The SMILES string of the molecule is COC(C)CNc1snc(N)c1S(=O)(=O)N(C)C. The van der Waals surface area contributed by atoms with Crippen molar-refractivity contribution in [3.63, 3.8) is 0 Å². The maximum Gasteiger partial charge on any atom is 0.249 e. The van der Waals surface area contributed by atoms with Crippen molar-refractivity contribution in [2.45, 2.75) is 17.9 Å². The van der Waals surface area contributed by atoms with Crippen LogP contribution in [-0.2, 0) is 14.8 Å². The number of rotatable bonds is 6. The van der Waals surface area contributed by atoms with Crippen LogP contribution in [0.5, 0.6) is 0 Å². The van der Waals surface area contributed by atoms with Gasteiger partial charge in [-0.1, -0.05) is 0 Å². The molecule has 104 valence electrons. The molecule has 0 aliphatic carbocycles. The Labute approximate surface area is 111 Å². The Bertz CT molecular complexity index is 498. The number of methoxy groups -OCH3 is 1. The van der Waals surface area contributed by atoms with Crippen molar-refractivity contribution >= 4 is 32.4 Å². The van der Waals surface area contributed by atoms with Crippen molar-refractivity contribution in [3.8, 4) is 0 Å². The van der Waals surface area contributed by atoms with Gasteiger partial charge in [0.25, 0.3) is 0 Å². The Morgan fingerprint density at radius 3 is 2.67 bits per heavy atom. The minimum Gasteiger partial charge on any atom is -0.382 e. The highest BCUT2D eigenvalue weighted by atomic mass is 32.2. The Kier molecular flexibility index (Phi) is 4.91. The lowest BCUT2D eigenvalue weighted by atomic mass is 10.4. The number of ether oxygens (including phenoxy) is 1. The zero-order valence-corrected chi connectivity index (χ0v) is 12.4. The van der Waals surface area contributed by atoms with Gasteiger partial charge in [-0.3, -0.25) is 0 Å². The summed E-state index contributed by atoms with van der Waals surface area (Å²) in [5, 5.41) is 3.43. The van der Waals surface area contributed by atoms with Gasteiger partial charge >= 0.3 is 0 Å². The molecule has 1 heterocycles. The van der Waals surface area contributed by atoms with Crippen molar-refractivity contribution in [2.24, 2.45) is 0 Å². The van der Waals surface area contributed by atoms with Crippen LogP contribution in [0.2, 0.25) is 0 Å². The lowest BCUT2D eigenvalue weighted by Gasteiger charge is -2.14. The van der Waals surface area contributed by atoms with E-state index in [1.54, 1.807) is 7.11 Å². The van der Waals surface area contributed by atoms with Crippen LogP contribution in [0.4, 0.5) is 10.8 Å². The van der Waals surface area contributed by atoms with Crippen LogP contribution in [-0.4, -0.2) is 51.0 Å². The second-order valence-electron chi connectivity index (χ2n) is 3.94. The molecule has 0 saturated heterocycles. The fourth-order valence-corrected chi connectivity index (χ4v) is 3.24. The second-order valence-corrected chi connectivity index (χ2v) is 6.80. The lowest BCUT2D eigenvalue weighted by molar-refractivity contribution is 0.129. The zero-order valence-electron chi connectivity index (χ0n) is 10.8. The molecule has 1 atom stereocenters. The Morgan fingerprint density at radius 2 is 2.17 bits per heavy atom. The number of nitrogen functional groups attached to an aromatic ring is 1. The Balaban J connectivity index is 3.03. The molecule has 1 aromatic heterocycles. The van der Waals surface area contributed by atoms with E-state index in [1.165, 1.54) is 14.1 Å². The Hall–Kier alpha value is -0.900. The predicted octanol–water partition coefficient (Wildman–Crippen LogP) is 0.422. The van der Waals surface area contributed by atoms with Gasteiger partial charge in [-0.2, -0.15) is 4.37 Å². The predicted molar refractivity (Wildman–Crippen MR) is 72.4 cm³/mol. The summed E-state index contributed by atoms with van der Waals surface area (Å²) in [6.45, 7) is 2.35. The van der Waals surface area contributed by atoms with E-state index in [1.807, 2.05) is 6.92 Å². The number of aromatic nitrogens is 1. The van der Waals surface area contributed by atoms with Crippen molar-refractivity contribution in [1.29, 1.82) is 0 Å². The molecule has 1 aromatic rings. The van der Waals surface area contributed by atoms with Crippen LogP contribution >= 0.6 is 11.5 Å². The summed E-state index contributed by atoms with van der Waals surface area (Å²) >= 11 is 1.03. The van der Waals surface area contributed by atoms with E-state index in [4.69, 9.17) is 10.5 Å². The summed E-state index contributed by atoms with van der Waals surface area (Å²) in [5.41, 5.74) is 5.63. The van der Waals surface area contributed by atoms with E-state index in [0.29, 0.717) is 11.5 Å². The van der Waals surface area contributed by atoms with Gasteiger partial charge in [0.05, 0.1) is 6.10 Å². The molecule has 0 fully saturated rings. The summed E-state index contributed by atoms with van der Waals surface area (Å²) in [7, 11) is 0.896. The average Bonchev–Trinajstić information content (AvgIpc) is 2.67. The van der Waals surface area contributed by atoms with E-state index in [-0.39, 0.29) is 16.8 Å². The highest BCUT2D eigenvalue weighted by molar-refractivity contribution is 7.89. The second kappa shape index (κ2) is 5.83. The molecule has 0 bridgehead atoms. The molecule has 7 nitrogen and oxygen atoms in total. The molecule has 0 aliphatic heterocycles. The topological polar surface area (TPSA) is 97.5 Å². The number of nitrogens with one attached hydrogen (secondary N) is 1. The smallest absolute Gasteiger partial charge is 0.249 e. The molecule has 18 heavy (non-hydrogen) atoms. The molecule has 1 unspecified atom stereocenters. The fourth-order valence-electron chi connectivity index (χ4n) is 1.16. The van der Waals surface area contributed by atoms with E-state index in [0.717, 1.165) is 15.8 Å². The number of hydrogen-bond acceptors (Lipinski definition) is 7. The first-order chi connectivity index (χ1) is 8.30. The fraction of sp³-hybridized carbons (Fsp3) is 0.667. The minimum absolute atomic E-state index is 0.0151. The van der Waals surface area contributed by atoms with Crippen LogP contribution in [0, 0.1) is 0 Å². The number of hydrogen-bond donors (Lipinski definition) is 2. The maximum absolute atomic E-state index is 12.1. The maximum atomic E-state index is 12.1. The van der Waals surface area contributed by atoms with E-state index < -0.39 is 10.0 Å². The third kappa shape index (κ3) is 3.10. The van der Waals surface area contributed by atoms with Gasteiger partial charge in [-0.05, 0) is 18.5 Å². The van der Waals surface area contributed by atoms with Crippen molar-refractivity contribution < 1.29 is 13.2 Å². The molecule has 0 saturated carbocycles. The minimum atomic E-state index is -3.60. The van der Waals surface area contributed by atoms with Gasteiger partial charge in [-0.25, -0.2) is 12.7 Å². The molecular formula is C9H18N4O3S2. The molecule has 3 N–H and O–H groups in total. The monoisotopic (exact) mass is 294 g/mol. The average molecular weight is 294 g/mol.